The highest BCUT2D eigenvalue weighted by Gasteiger charge is 2.16. The third kappa shape index (κ3) is 5.18. The Morgan fingerprint density at radius 3 is 2.52 bits per heavy atom. The first kappa shape index (κ1) is 19.2. The minimum absolute atomic E-state index is 0.0972. The third-order valence-electron chi connectivity index (χ3n) is 3.58. The van der Waals surface area contributed by atoms with E-state index in [4.69, 9.17) is 27.9 Å². The van der Waals surface area contributed by atoms with Crippen LogP contribution in [0.1, 0.15) is 21.5 Å². The number of rotatable bonds is 5. The molecule has 2 rings (SSSR count). The lowest BCUT2D eigenvalue weighted by Gasteiger charge is -2.17. The first-order valence-electron chi connectivity index (χ1n) is 7.39. The van der Waals surface area contributed by atoms with Crippen molar-refractivity contribution in [2.75, 3.05) is 13.7 Å². The van der Waals surface area contributed by atoms with Gasteiger partial charge in [0.25, 0.3) is 5.91 Å². The SMILES string of the molecule is Cc1ccc(F)cc1C(=O)OCC(=O)N(C)Cc1ccc(Cl)c(Cl)c1. The van der Waals surface area contributed by atoms with Crippen LogP contribution in [0.2, 0.25) is 10.0 Å². The van der Waals surface area contributed by atoms with Crippen molar-refractivity contribution in [2.45, 2.75) is 13.5 Å². The van der Waals surface area contributed by atoms with Gasteiger partial charge < -0.3 is 9.64 Å². The number of carbonyl (C=O) groups is 2. The molecule has 0 heterocycles. The molecule has 1 amide bonds. The van der Waals surface area contributed by atoms with Gasteiger partial charge in [0.2, 0.25) is 0 Å². The molecular weight excluding hydrogens is 368 g/mol. The van der Waals surface area contributed by atoms with Crippen molar-refractivity contribution in [3.8, 4) is 0 Å². The summed E-state index contributed by atoms with van der Waals surface area (Å²) in [6.07, 6.45) is 0. The molecule has 2 aromatic rings. The van der Waals surface area contributed by atoms with Gasteiger partial charge >= 0.3 is 5.97 Å². The summed E-state index contributed by atoms with van der Waals surface area (Å²) in [5.74, 6) is -1.68. The second-order valence-electron chi connectivity index (χ2n) is 5.53. The van der Waals surface area contributed by atoms with E-state index < -0.39 is 24.3 Å². The van der Waals surface area contributed by atoms with Crippen LogP contribution in [0.3, 0.4) is 0 Å². The highest BCUT2D eigenvalue weighted by molar-refractivity contribution is 6.42. The second-order valence-corrected chi connectivity index (χ2v) is 6.35. The van der Waals surface area contributed by atoms with Crippen molar-refractivity contribution in [3.05, 3.63) is 69.0 Å². The molecule has 0 fully saturated rings. The zero-order valence-electron chi connectivity index (χ0n) is 13.7. The van der Waals surface area contributed by atoms with Crippen LogP contribution < -0.4 is 0 Å². The van der Waals surface area contributed by atoms with Crippen LogP contribution in [0.25, 0.3) is 0 Å². The summed E-state index contributed by atoms with van der Waals surface area (Å²) in [5, 5.41) is 0.826. The van der Waals surface area contributed by atoms with Crippen molar-refractivity contribution in [1.29, 1.82) is 0 Å². The highest BCUT2D eigenvalue weighted by atomic mass is 35.5. The van der Waals surface area contributed by atoms with Gasteiger partial charge in [-0.05, 0) is 42.3 Å². The lowest BCUT2D eigenvalue weighted by atomic mass is 10.1. The molecule has 0 radical (unpaired) electrons. The summed E-state index contributed by atoms with van der Waals surface area (Å²) < 4.78 is 18.2. The molecule has 0 N–H and O–H groups in total. The van der Waals surface area contributed by atoms with E-state index in [2.05, 4.69) is 0 Å². The van der Waals surface area contributed by atoms with Gasteiger partial charge in [-0.25, -0.2) is 9.18 Å². The Morgan fingerprint density at radius 2 is 1.84 bits per heavy atom. The number of carbonyl (C=O) groups excluding carboxylic acids is 2. The molecule has 0 aliphatic heterocycles. The summed E-state index contributed by atoms with van der Waals surface area (Å²) in [7, 11) is 1.58. The minimum Gasteiger partial charge on any atom is -0.452 e. The van der Waals surface area contributed by atoms with Gasteiger partial charge in [0.15, 0.2) is 6.61 Å². The number of benzene rings is 2. The minimum atomic E-state index is -0.742. The molecule has 0 atom stereocenters. The fourth-order valence-electron chi connectivity index (χ4n) is 2.13. The molecule has 7 heteroatoms. The lowest BCUT2D eigenvalue weighted by Crippen LogP contribution is -2.31. The predicted molar refractivity (Wildman–Crippen MR) is 94.4 cm³/mol. The topological polar surface area (TPSA) is 46.6 Å². The van der Waals surface area contributed by atoms with E-state index in [1.807, 2.05) is 0 Å². The van der Waals surface area contributed by atoms with Crippen molar-refractivity contribution in [3.63, 3.8) is 0 Å². The van der Waals surface area contributed by atoms with Crippen LogP contribution in [0.4, 0.5) is 4.39 Å². The normalized spacial score (nSPS) is 10.4. The van der Waals surface area contributed by atoms with E-state index in [1.165, 1.54) is 17.0 Å². The van der Waals surface area contributed by atoms with Crippen molar-refractivity contribution in [2.24, 2.45) is 0 Å². The number of hydrogen-bond donors (Lipinski definition) is 0. The molecule has 0 aliphatic carbocycles. The molecule has 25 heavy (non-hydrogen) atoms. The maximum absolute atomic E-state index is 13.2. The van der Waals surface area contributed by atoms with Gasteiger partial charge in [-0.1, -0.05) is 35.3 Å². The molecule has 0 bridgehead atoms. The van der Waals surface area contributed by atoms with E-state index in [0.717, 1.165) is 11.6 Å². The van der Waals surface area contributed by atoms with Gasteiger partial charge in [-0.2, -0.15) is 0 Å². The van der Waals surface area contributed by atoms with E-state index in [0.29, 0.717) is 15.6 Å². The van der Waals surface area contributed by atoms with E-state index in [1.54, 1.807) is 32.2 Å². The standard InChI is InChI=1S/C18H16Cl2FNO3/c1-11-3-5-13(21)8-14(11)18(24)25-10-17(23)22(2)9-12-4-6-15(19)16(20)7-12/h3-8H,9-10H2,1-2H3. The fraction of sp³-hybridized carbons (Fsp3) is 0.222. The second kappa shape index (κ2) is 8.32. The zero-order valence-corrected chi connectivity index (χ0v) is 15.2. The van der Waals surface area contributed by atoms with Crippen molar-refractivity contribution >= 4 is 35.1 Å². The number of ether oxygens (including phenoxy) is 1. The molecule has 132 valence electrons. The fourth-order valence-corrected chi connectivity index (χ4v) is 2.45. The summed E-state index contributed by atoms with van der Waals surface area (Å²) in [6, 6.07) is 8.87. The molecule has 0 aliphatic rings. The molecule has 0 spiro atoms. The third-order valence-corrected chi connectivity index (χ3v) is 4.31. The van der Waals surface area contributed by atoms with Gasteiger partial charge in [-0.3, -0.25) is 4.79 Å². The summed E-state index contributed by atoms with van der Waals surface area (Å²) in [6.45, 7) is 1.51. The average molecular weight is 384 g/mol. The number of nitrogens with zero attached hydrogens (tertiary/aromatic N) is 1. The smallest absolute Gasteiger partial charge is 0.339 e. The van der Waals surface area contributed by atoms with Gasteiger partial charge in [0.1, 0.15) is 5.82 Å². The van der Waals surface area contributed by atoms with E-state index in [9.17, 15) is 14.0 Å². The first-order valence-corrected chi connectivity index (χ1v) is 8.14. The highest BCUT2D eigenvalue weighted by Crippen LogP contribution is 2.23. The molecule has 0 aromatic heterocycles. The van der Waals surface area contributed by atoms with Crippen molar-refractivity contribution in [1.82, 2.24) is 4.90 Å². The van der Waals surface area contributed by atoms with E-state index >= 15 is 0 Å². The number of likely N-dealkylation sites (N-methyl/N-ethyl adjacent to an activating group) is 1. The van der Waals surface area contributed by atoms with Gasteiger partial charge in [-0.15, -0.1) is 0 Å². The lowest BCUT2D eigenvalue weighted by molar-refractivity contribution is -0.133. The predicted octanol–water partition coefficient (Wildman–Crippen LogP) is 4.26. The first-order chi connectivity index (χ1) is 11.8. The van der Waals surface area contributed by atoms with Crippen LogP contribution in [0.5, 0.6) is 0 Å². The van der Waals surface area contributed by atoms with E-state index in [-0.39, 0.29) is 12.1 Å². The summed E-state index contributed by atoms with van der Waals surface area (Å²) in [4.78, 5) is 25.5. The zero-order chi connectivity index (χ0) is 18.6. The number of esters is 1. The van der Waals surface area contributed by atoms with Crippen LogP contribution in [0.15, 0.2) is 36.4 Å². The van der Waals surface area contributed by atoms with Crippen LogP contribution in [-0.4, -0.2) is 30.4 Å². The number of aryl methyl sites for hydroxylation is 1. The summed E-state index contributed by atoms with van der Waals surface area (Å²) in [5.41, 5.74) is 1.46. The van der Waals surface area contributed by atoms with Crippen LogP contribution in [-0.2, 0) is 16.1 Å². The van der Waals surface area contributed by atoms with Gasteiger partial charge in [0.05, 0.1) is 15.6 Å². The van der Waals surface area contributed by atoms with Crippen molar-refractivity contribution < 1.29 is 18.7 Å². The monoisotopic (exact) mass is 383 g/mol. The summed E-state index contributed by atoms with van der Waals surface area (Å²) >= 11 is 11.8. The molecule has 2 aromatic carbocycles. The molecule has 0 saturated heterocycles. The Labute approximate surface area is 155 Å². The Hall–Kier alpha value is -2.11. The molecule has 0 unspecified atom stereocenters. The van der Waals surface area contributed by atoms with Crippen LogP contribution in [0, 0.1) is 12.7 Å². The quantitative estimate of drug-likeness (QED) is 0.724. The maximum Gasteiger partial charge on any atom is 0.339 e. The Morgan fingerprint density at radius 1 is 1.12 bits per heavy atom. The maximum atomic E-state index is 13.2. The average Bonchev–Trinajstić information content (AvgIpc) is 2.57. The Kier molecular flexibility index (Phi) is 6.39. The molecule has 0 saturated carbocycles. The Bertz CT molecular complexity index is 811. The Balaban J connectivity index is 1.93. The number of amides is 1. The molecular formula is C18H16Cl2FNO3. The number of hydrogen-bond acceptors (Lipinski definition) is 3. The van der Waals surface area contributed by atoms with Crippen LogP contribution >= 0.6 is 23.2 Å². The van der Waals surface area contributed by atoms with Gasteiger partial charge in [0, 0.05) is 13.6 Å². The molecule has 4 nitrogen and oxygen atoms in total. The number of halogens is 3. The largest absolute Gasteiger partial charge is 0.452 e.